The van der Waals surface area contributed by atoms with E-state index in [1.807, 2.05) is 17.1 Å². The summed E-state index contributed by atoms with van der Waals surface area (Å²) >= 11 is 0. The van der Waals surface area contributed by atoms with Crippen LogP contribution < -0.4 is 4.90 Å². The zero-order chi connectivity index (χ0) is 15.2. The van der Waals surface area contributed by atoms with Crippen LogP contribution in [-0.2, 0) is 6.54 Å². The van der Waals surface area contributed by atoms with Crippen molar-refractivity contribution in [2.24, 2.45) is 5.10 Å². The summed E-state index contributed by atoms with van der Waals surface area (Å²) in [6.07, 6.45) is 1.62. The van der Waals surface area contributed by atoms with Crippen molar-refractivity contribution in [2.75, 3.05) is 26.2 Å². The molecule has 3 rings (SSSR count). The van der Waals surface area contributed by atoms with Gasteiger partial charge in [0, 0.05) is 11.1 Å². The highest BCUT2D eigenvalue weighted by Gasteiger charge is 2.18. The molecule has 0 spiro atoms. The molecule has 1 aliphatic heterocycles. The third kappa shape index (κ3) is 3.92. The lowest BCUT2D eigenvalue weighted by Gasteiger charge is -2.30. The number of hydrogen-bond acceptors (Lipinski definition) is 2. The summed E-state index contributed by atoms with van der Waals surface area (Å²) in [5, 5.41) is 6.44. The summed E-state index contributed by atoms with van der Waals surface area (Å²) in [4.78, 5) is 1.57. The molecule has 0 amide bonds. The van der Waals surface area contributed by atoms with E-state index in [-0.39, 0.29) is 5.82 Å². The lowest BCUT2D eigenvalue weighted by Crippen LogP contribution is -3.13. The number of quaternary nitrogens is 1. The van der Waals surface area contributed by atoms with Crippen molar-refractivity contribution in [3.8, 4) is 0 Å². The van der Waals surface area contributed by atoms with Crippen LogP contribution in [-0.4, -0.2) is 37.4 Å². The molecular formula is C18H21FN3+. The molecular weight excluding hydrogens is 277 g/mol. The van der Waals surface area contributed by atoms with Crippen molar-refractivity contribution in [2.45, 2.75) is 6.54 Å². The predicted octanol–water partition coefficient (Wildman–Crippen LogP) is 1.56. The highest BCUT2D eigenvalue weighted by molar-refractivity contribution is 5.79. The van der Waals surface area contributed by atoms with Crippen molar-refractivity contribution in [1.29, 1.82) is 0 Å². The summed E-state index contributed by atoms with van der Waals surface area (Å²) in [5.41, 5.74) is 1.92. The van der Waals surface area contributed by atoms with Crippen molar-refractivity contribution < 1.29 is 9.29 Å². The van der Waals surface area contributed by atoms with Crippen LogP contribution in [0, 0.1) is 5.82 Å². The fourth-order valence-corrected chi connectivity index (χ4v) is 2.71. The minimum atomic E-state index is -0.223. The van der Waals surface area contributed by atoms with Crippen molar-refractivity contribution in [1.82, 2.24) is 5.01 Å². The molecule has 0 aromatic heterocycles. The number of piperazine rings is 1. The predicted molar refractivity (Wildman–Crippen MR) is 86.4 cm³/mol. The third-order valence-corrected chi connectivity index (χ3v) is 4.01. The number of rotatable bonds is 4. The van der Waals surface area contributed by atoms with E-state index in [4.69, 9.17) is 0 Å². The third-order valence-electron chi connectivity index (χ3n) is 4.01. The molecule has 0 unspecified atom stereocenters. The van der Waals surface area contributed by atoms with Crippen LogP contribution in [0.2, 0.25) is 0 Å². The van der Waals surface area contributed by atoms with E-state index in [0.29, 0.717) is 5.56 Å². The largest absolute Gasteiger partial charge is 0.328 e. The Morgan fingerprint density at radius 1 is 1.00 bits per heavy atom. The highest BCUT2D eigenvalue weighted by atomic mass is 19.1. The molecule has 0 atom stereocenters. The van der Waals surface area contributed by atoms with Gasteiger partial charge in [-0.05, 0) is 6.07 Å². The first kappa shape index (κ1) is 14.7. The van der Waals surface area contributed by atoms with Gasteiger partial charge in [-0.2, -0.15) is 5.10 Å². The molecule has 2 aromatic carbocycles. The average Bonchev–Trinajstić information content (AvgIpc) is 2.56. The van der Waals surface area contributed by atoms with E-state index < -0.39 is 0 Å². The molecule has 2 aromatic rings. The van der Waals surface area contributed by atoms with Gasteiger partial charge in [-0.25, -0.2) is 4.39 Å². The maximum absolute atomic E-state index is 13.5. The van der Waals surface area contributed by atoms with Gasteiger partial charge in [0.25, 0.3) is 0 Å². The van der Waals surface area contributed by atoms with Crippen LogP contribution in [0.15, 0.2) is 59.7 Å². The molecule has 0 aliphatic carbocycles. The topological polar surface area (TPSA) is 20.0 Å². The monoisotopic (exact) mass is 298 g/mol. The Morgan fingerprint density at radius 2 is 1.68 bits per heavy atom. The smallest absolute Gasteiger partial charge is 0.132 e. The Labute approximate surface area is 130 Å². The quantitative estimate of drug-likeness (QED) is 0.849. The van der Waals surface area contributed by atoms with E-state index in [2.05, 4.69) is 29.4 Å². The van der Waals surface area contributed by atoms with Gasteiger partial charge in [0.05, 0.1) is 32.4 Å². The molecule has 0 radical (unpaired) electrons. The zero-order valence-electron chi connectivity index (χ0n) is 12.6. The zero-order valence-corrected chi connectivity index (χ0v) is 12.6. The van der Waals surface area contributed by atoms with E-state index in [9.17, 15) is 4.39 Å². The second-order valence-electron chi connectivity index (χ2n) is 5.63. The molecule has 4 heteroatoms. The highest BCUT2D eigenvalue weighted by Crippen LogP contribution is 2.04. The number of hydrogen-bond donors (Lipinski definition) is 1. The van der Waals surface area contributed by atoms with Crippen LogP contribution in [0.4, 0.5) is 4.39 Å². The normalized spacial score (nSPS) is 16.3. The number of halogens is 1. The first-order valence-electron chi connectivity index (χ1n) is 7.72. The number of hydrazone groups is 1. The van der Waals surface area contributed by atoms with E-state index in [1.165, 1.54) is 11.6 Å². The van der Waals surface area contributed by atoms with Gasteiger partial charge in [0.2, 0.25) is 0 Å². The van der Waals surface area contributed by atoms with Gasteiger partial charge in [-0.15, -0.1) is 0 Å². The molecule has 1 N–H and O–H groups in total. The molecule has 22 heavy (non-hydrogen) atoms. The van der Waals surface area contributed by atoms with Crippen molar-refractivity contribution in [3.05, 3.63) is 71.5 Å². The minimum Gasteiger partial charge on any atom is -0.328 e. The number of benzene rings is 2. The lowest BCUT2D eigenvalue weighted by molar-refractivity contribution is -0.918. The lowest BCUT2D eigenvalue weighted by atomic mass is 10.2. The van der Waals surface area contributed by atoms with Crippen molar-refractivity contribution >= 4 is 6.21 Å². The molecule has 1 heterocycles. The van der Waals surface area contributed by atoms with Gasteiger partial charge in [-0.1, -0.05) is 48.5 Å². The molecule has 3 nitrogen and oxygen atoms in total. The second kappa shape index (κ2) is 7.18. The first-order valence-corrected chi connectivity index (χ1v) is 7.72. The molecule has 114 valence electrons. The van der Waals surface area contributed by atoms with Gasteiger partial charge < -0.3 is 4.90 Å². The van der Waals surface area contributed by atoms with Gasteiger partial charge >= 0.3 is 0 Å². The Morgan fingerprint density at radius 3 is 2.41 bits per heavy atom. The maximum Gasteiger partial charge on any atom is 0.132 e. The van der Waals surface area contributed by atoms with E-state index in [0.717, 1.165) is 32.7 Å². The summed E-state index contributed by atoms with van der Waals surface area (Å²) in [6, 6.07) is 17.3. The van der Waals surface area contributed by atoms with Crippen LogP contribution in [0.1, 0.15) is 11.1 Å². The van der Waals surface area contributed by atoms with Gasteiger partial charge in [0.15, 0.2) is 0 Å². The van der Waals surface area contributed by atoms with E-state index in [1.54, 1.807) is 23.2 Å². The standard InChI is InChI=1S/C18H20FN3/c19-18-9-5-4-8-17(18)14-20-22-12-10-21(11-13-22)15-16-6-2-1-3-7-16/h1-9,14H,10-13,15H2/p+1/b20-14+. The summed E-state index contributed by atoms with van der Waals surface area (Å²) in [7, 11) is 0. The second-order valence-corrected chi connectivity index (χ2v) is 5.63. The summed E-state index contributed by atoms with van der Waals surface area (Å²) in [6.45, 7) is 5.00. The molecule has 0 saturated carbocycles. The fraction of sp³-hybridized carbons (Fsp3) is 0.278. The number of nitrogens with one attached hydrogen (secondary N) is 1. The Kier molecular flexibility index (Phi) is 4.81. The molecule has 1 fully saturated rings. The Bertz CT molecular complexity index is 619. The SMILES string of the molecule is Fc1ccccc1/C=N/N1CC[NH+](Cc2ccccc2)CC1. The average molecular weight is 298 g/mol. The van der Waals surface area contributed by atoms with Crippen LogP contribution in [0.5, 0.6) is 0 Å². The molecule has 1 saturated heterocycles. The maximum atomic E-state index is 13.5. The number of nitrogens with zero attached hydrogens (tertiary/aromatic N) is 2. The Balaban J connectivity index is 1.51. The van der Waals surface area contributed by atoms with Crippen LogP contribution in [0.25, 0.3) is 0 Å². The van der Waals surface area contributed by atoms with Gasteiger partial charge in [-0.3, -0.25) is 5.01 Å². The first-order chi connectivity index (χ1) is 10.8. The van der Waals surface area contributed by atoms with Crippen molar-refractivity contribution in [3.63, 3.8) is 0 Å². The molecule has 0 bridgehead atoms. The minimum absolute atomic E-state index is 0.223. The van der Waals surface area contributed by atoms with Gasteiger partial charge in [0.1, 0.15) is 12.4 Å². The summed E-state index contributed by atoms with van der Waals surface area (Å²) < 4.78 is 13.5. The van der Waals surface area contributed by atoms with Crippen LogP contribution in [0.3, 0.4) is 0 Å². The van der Waals surface area contributed by atoms with E-state index >= 15 is 0 Å². The van der Waals surface area contributed by atoms with Crippen LogP contribution >= 0.6 is 0 Å². The molecule has 1 aliphatic rings. The fourth-order valence-electron chi connectivity index (χ4n) is 2.71. The summed E-state index contributed by atoms with van der Waals surface area (Å²) in [5.74, 6) is -0.223. The Hall–Kier alpha value is -2.20.